The Bertz CT molecular complexity index is 665. The molecule has 0 fully saturated rings. The minimum absolute atomic E-state index is 0.247. The molecule has 102 valence electrons. The van der Waals surface area contributed by atoms with E-state index in [4.69, 9.17) is 19.8 Å². The van der Waals surface area contributed by atoms with Crippen LogP contribution < -0.4 is 9.47 Å². The normalized spacial score (nSPS) is 9.90. The molecule has 0 saturated carbocycles. The number of hydrogen-bond donors (Lipinski definition) is 1. The molecule has 5 heteroatoms. The zero-order valence-corrected chi connectivity index (χ0v) is 10.8. The maximum atomic E-state index is 13.4. The topological polar surface area (TPSA) is 62.5 Å². The van der Waals surface area contributed by atoms with Gasteiger partial charge in [-0.15, -0.1) is 0 Å². The number of methoxy groups -OCH3 is 1. The molecular formula is C15H12FNO3. The van der Waals surface area contributed by atoms with E-state index < -0.39 is 5.82 Å². The number of nitrogens with zero attached hydrogens (tertiary/aromatic N) is 1. The second-order valence-corrected chi connectivity index (χ2v) is 4.03. The van der Waals surface area contributed by atoms with Crippen LogP contribution in [0.15, 0.2) is 36.4 Å². The average Bonchev–Trinajstić information content (AvgIpc) is 2.47. The van der Waals surface area contributed by atoms with Crippen molar-refractivity contribution in [3.63, 3.8) is 0 Å². The molecule has 2 rings (SSSR count). The van der Waals surface area contributed by atoms with Gasteiger partial charge in [-0.25, -0.2) is 4.39 Å². The van der Waals surface area contributed by atoms with Gasteiger partial charge in [0.15, 0.2) is 11.5 Å². The van der Waals surface area contributed by atoms with E-state index in [0.29, 0.717) is 22.6 Å². The molecule has 2 aromatic carbocycles. The Morgan fingerprint density at radius 3 is 2.65 bits per heavy atom. The summed E-state index contributed by atoms with van der Waals surface area (Å²) in [5.74, 6) is 0.482. The Morgan fingerprint density at radius 1 is 1.20 bits per heavy atom. The summed E-state index contributed by atoms with van der Waals surface area (Å²) < 4.78 is 24.0. The van der Waals surface area contributed by atoms with Gasteiger partial charge in [0.25, 0.3) is 0 Å². The highest BCUT2D eigenvalue weighted by Crippen LogP contribution is 2.32. The van der Waals surface area contributed by atoms with Crippen molar-refractivity contribution in [1.29, 1.82) is 5.26 Å². The minimum Gasteiger partial charge on any atom is -0.493 e. The van der Waals surface area contributed by atoms with Gasteiger partial charge in [-0.2, -0.15) is 5.26 Å². The second-order valence-electron chi connectivity index (χ2n) is 4.03. The van der Waals surface area contributed by atoms with Crippen molar-refractivity contribution < 1.29 is 19.0 Å². The first-order valence-corrected chi connectivity index (χ1v) is 5.82. The number of rotatable bonds is 4. The molecule has 0 aliphatic rings. The molecular weight excluding hydrogens is 261 g/mol. The van der Waals surface area contributed by atoms with Crippen molar-refractivity contribution in [2.24, 2.45) is 0 Å². The smallest absolute Gasteiger partial charge is 0.169 e. The third kappa shape index (κ3) is 3.05. The second kappa shape index (κ2) is 6.04. The molecule has 0 radical (unpaired) electrons. The van der Waals surface area contributed by atoms with Gasteiger partial charge in [0, 0.05) is 12.1 Å². The number of ether oxygens (including phenoxy) is 2. The van der Waals surface area contributed by atoms with E-state index in [1.165, 1.54) is 31.4 Å². The fourth-order valence-electron chi connectivity index (χ4n) is 1.72. The Kier molecular flexibility index (Phi) is 4.18. The highest BCUT2D eigenvalue weighted by Gasteiger charge is 2.08. The molecule has 0 unspecified atom stereocenters. The SMILES string of the molecule is COc1cc(C#N)ccc1Oc1cc(F)cc(CO)c1. The van der Waals surface area contributed by atoms with Gasteiger partial charge in [-0.3, -0.25) is 0 Å². The number of aliphatic hydroxyl groups is 1. The zero-order valence-electron chi connectivity index (χ0n) is 10.8. The van der Waals surface area contributed by atoms with Crippen LogP contribution in [0.3, 0.4) is 0 Å². The predicted octanol–water partition coefficient (Wildman–Crippen LogP) is 2.99. The van der Waals surface area contributed by atoms with Crippen molar-refractivity contribution >= 4 is 0 Å². The molecule has 0 spiro atoms. The van der Waals surface area contributed by atoms with Gasteiger partial charge in [-0.1, -0.05) is 0 Å². The molecule has 0 amide bonds. The number of nitriles is 1. The number of benzene rings is 2. The highest BCUT2D eigenvalue weighted by molar-refractivity contribution is 5.48. The fraction of sp³-hybridized carbons (Fsp3) is 0.133. The van der Waals surface area contributed by atoms with Crippen molar-refractivity contribution in [1.82, 2.24) is 0 Å². The number of hydrogen-bond acceptors (Lipinski definition) is 4. The predicted molar refractivity (Wildman–Crippen MR) is 70.1 cm³/mol. The van der Waals surface area contributed by atoms with Crippen LogP contribution >= 0.6 is 0 Å². The van der Waals surface area contributed by atoms with Crippen LogP contribution in [0, 0.1) is 17.1 Å². The maximum absolute atomic E-state index is 13.4. The molecule has 0 aromatic heterocycles. The van der Waals surface area contributed by atoms with E-state index in [1.54, 1.807) is 12.1 Å². The van der Waals surface area contributed by atoms with Gasteiger partial charge in [0.2, 0.25) is 0 Å². The van der Waals surface area contributed by atoms with Crippen LogP contribution in [-0.4, -0.2) is 12.2 Å². The lowest BCUT2D eigenvalue weighted by Crippen LogP contribution is -1.93. The van der Waals surface area contributed by atoms with E-state index >= 15 is 0 Å². The molecule has 0 aliphatic heterocycles. The summed E-state index contributed by atoms with van der Waals surface area (Å²) in [7, 11) is 1.45. The van der Waals surface area contributed by atoms with E-state index in [-0.39, 0.29) is 12.4 Å². The van der Waals surface area contributed by atoms with Crippen molar-refractivity contribution in [3.05, 3.63) is 53.3 Å². The molecule has 1 N–H and O–H groups in total. The maximum Gasteiger partial charge on any atom is 0.169 e. The van der Waals surface area contributed by atoms with E-state index in [9.17, 15) is 4.39 Å². The summed E-state index contributed by atoms with van der Waals surface area (Å²) >= 11 is 0. The Hall–Kier alpha value is -2.58. The standard InChI is InChI=1S/C15H12FNO3/c1-19-15-6-10(8-17)2-3-14(15)20-13-5-11(9-18)4-12(16)7-13/h2-7,18H,9H2,1H3. The van der Waals surface area contributed by atoms with E-state index in [1.807, 2.05) is 6.07 Å². The molecule has 0 aliphatic carbocycles. The van der Waals surface area contributed by atoms with Crippen LogP contribution in [-0.2, 0) is 6.61 Å². The molecule has 0 saturated heterocycles. The first kappa shape index (κ1) is 13.8. The van der Waals surface area contributed by atoms with Gasteiger partial charge in [0.1, 0.15) is 11.6 Å². The van der Waals surface area contributed by atoms with Crippen LogP contribution in [0.1, 0.15) is 11.1 Å². The van der Waals surface area contributed by atoms with Crippen LogP contribution in [0.5, 0.6) is 17.2 Å². The Labute approximate surface area is 115 Å². The third-order valence-corrected chi connectivity index (χ3v) is 2.63. The largest absolute Gasteiger partial charge is 0.493 e. The summed E-state index contributed by atoms with van der Waals surface area (Å²) in [6, 6.07) is 10.6. The number of halogens is 1. The monoisotopic (exact) mass is 273 g/mol. The zero-order chi connectivity index (χ0) is 14.5. The Morgan fingerprint density at radius 2 is 2.00 bits per heavy atom. The summed E-state index contributed by atoms with van der Waals surface area (Å²) in [6.07, 6.45) is 0. The highest BCUT2D eigenvalue weighted by atomic mass is 19.1. The summed E-state index contributed by atoms with van der Waals surface area (Å²) in [5, 5.41) is 17.9. The van der Waals surface area contributed by atoms with Gasteiger partial charge >= 0.3 is 0 Å². The van der Waals surface area contributed by atoms with Crippen LogP contribution in [0.25, 0.3) is 0 Å². The van der Waals surface area contributed by atoms with Crippen molar-refractivity contribution in [3.8, 4) is 23.3 Å². The molecule has 2 aromatic rings. The first-order chi connectivity index (χ1) is 9.66. The van der Waals surface area contributed by atoms with E-state index in [0.717, 1.165) is 0 Å². The summed E-state index contributed by atoms with van der Waals surface area (Å²) in [4.78, 5) is 0. The quantitative estimate of drug-likeness (QED) is 0.930. The third-order valence-electron chi connectivity index (χ3n) is 2.63. The Balaban J connectivity index is 2.34. The van der Waals surface area contributed by atoms with Gasteiger partial charge in [-0.05, 0) is 29.8 Å². The fourth-order valence-corrected chi connectivity index (χ4v) is 1.72. The summed E-state index contributed by atoms with van der Waals surface area (Å²) in [6.45, 7) is -0.279. The molecule has 4 nitrogen and oxygen atoms in total. The molecule has 0 bridgehead atoms. The van der Waals surface area contributed by atoms with Crippen LogP contribution in [0.4, 0.5) is 4.39 Å². The molecule has 0 heterocycles. The van der Waals surface area contributed by atoms with Gasteiger partial charge < -0.3 is 14.6 Å². The molecule has 20 heavy (non-hydrogen) atoms. The lowest BCUT2D eigenvalue weighted by Gasteiger charge is -2.11. The lowest BCUT2D eigenvalue weighted by atomic mass is 10.2. The lowest BCUT2D eigenvalue weighted by molar-refractivity contribution is 0.280. The van der Waals surface area contributed by atoms with Gasteiger partial charge in [0.05, 0.1) is 25.3 Å². The van der Waals surface area contributed by atoms with Crippen LogP contribution in [0.2, 0.25) is 0 Å². The molecule has 0 atom stereocenters. The number of aliphatic hydroxyl groups excluding tert-OH is 1. The minimum atomic E-state index is -0.501. The summed E-state index contributed by atoms with van der Waals surface area (Å²) in [5.41, 5.74) is 0.845. The first-order valence-electron chi connectivity index (χ1n) is 5.82. The van der Waals surface area contributed by atoms with E-state index in [2.05, 4.69) is 0 Å². The van der Waals surface area contributed by atoms with Crippen molar-refractivity contribution in [2.45, 2.75) is 6.61 Å². The van der Waals surface area contributed by atoms with Crippen molar-refractivity contribution in [2.75, 3.05) is 7.11 Å². The average molecular weight is 273 g/mol.